The van der Waals surface area contributed by atoms with Crippen LogP contribution in [0.2, 0.25) is 0 Å². The Bertz CT molecular complexity index is 402. The van der Waals surface area contributed by atoms with Crippen LogP contribution in [-0.4, -0.2) is 22.5 Å². The van der Waals surface area contributed by atoms with Gasteiger partial charge in [0.15, 0.2) is 6.10 Å². The number of ether oxygens (including phenoxy) is 1. The van der Waals surface area contributed by atoms with Crippen LogP contribution in [0.1, 0.15) is 27.7 Å². The van der Waals surface area contributed by atoms with Gasteiger partial charge in [-0.15, -0.1) is 0 Å². The topological polar surface area (TPSA) is 51.2 Å². The molecule has 1 aromatic rings. The lowest BCUT2D eigenvalue weighted by Gasteiger charge is -2.23. The predicted molar refractivity (Wildman–Crippen MR) is 69.9 cm³/mol. The van der Waals surface area contributed by atoms with E-state index in [9.17, 15) is 4.79 Å². The van der Waals surface area contributed by atoms with Crippen molar-refractivity contribution in [1.29, 1.82) is 0 Å². The Morgan fingerprint density at radius 2 is 2.12 bits per heavy atom. The highest BCUT2D eigenvalue weighted by atomic mass is 79.9. The minimum absolute atomic E-state index is 0.141. The van der Waals surface area contributed by atoms with Gasteiger partial charge in [0.1, 0.15) is 5.75 Å². The van der Waals surface area contributed by atoms with Crippen molar-refractivity contribution in [3.05, 3.63) is 22.9 Å². The molecule has 0 aliphatic carbocycles. The summed E-state index contributed by atoms with van der Waals surface area (Å²) in [6.07, 6.45) is 2.68. The number of hydrogen-bond donors (Lipinski definition) is 1. The van der Waals surface area contributed by atoms with Crippen LogP contribution in [0.15, 0.2) is 22.9 Å². The Balaban J connectivity index is 2.60. The van der Waals surface area contributed by atoms with E-state index in [1.807, 2.05) is 20.8 Å². The highest BCUT2D eigenvalue weighted by Gasteiger charge is 2.20. The molecule has 0 saturated heterocycles. The molecule has 0 spiro atoms. The number of halogens is 1. The van der Waals surface area contributed by atoms with Crippen molar-refractivity contribution >= 4 is 21.8 Å². The van der Waals surface area contributed by atoms with Crippen LogP contribution in [0.3, 0.4) is 0 Å². The average Bonchev–Trinajstić information content (AvgIpc) is 2.14. The molecule has 0 bridgehead atoms. The molecule has 0 aliphatic heterocycles. The van der Waals surface area contributed by atoms with E-state index in [1.165, 1.54) is 0 Å². The Labute approximate surface area is 110 Å². The summed E-state index contributed by atoms with van der Waals surface area (Å²) < 4.78 is 6.32. The van der Waals surface area contributed by atoms with Gasteiger partial charge in [0.25, 0.3) is 5.91 Å². The summed E-state index contributed by atoms with van der Waals surface area (Å²) >= 11 is 3.29. The molecule has 0 fully saturated rings. The number of nitrogens with zero attached hydrogens (tertiary/aromatic N) is 1. The number of nitrogens with one attached hydrogen (secondary N) is 1. The van der Waals surface area contributed by atoms with Gasteiger partial charge in [0.05, 0.1) is 6.20 Å². The van der Waals surface area contributed by atoms with Gasteiger partial charge in [-0.25, -0.2) is 0 Å². The van der Waals surface area contributed by atoms with E-state index >= 15 is 0 Å². The molecule has 4 nitrogen and oxygen atoms in total. The van der Waals surface area contributed by atoms with E-state index < -0.39 is 6.10 Å². The van der Waals surface area contributed by atoms with Crippen LogP contribution >= 0.6 is 15.9 Å². The number of amides is 1. The summed E-state index contributed by atoms with van der Waals surface area (Å²) in [7, 11) is 0. The quantitative estimate of drug-likeness (QED) is 0.933. The molecular weight excluding hydrogens is 284 g/mol. The zero-order valence-corrected chi connectivity index (χ0v) is 12.0. The maximum absolute atomic E-state index is 11.8. The van der Waals surface area contributed by atoms with Crippen LogP contribution in [-0.2, 0) is 4.79 Å². The van der Waals surface area contributed by atoms with Gasteiger partial charge in [-0.2, -0.15) is 0 Å². The van der Waals surface area contributed by atoms with Crippen molar-refractivity contribution in [3.8, 4) is 5.75 Å². The second-order valence-electron chi connectivity index (χ2n) is 4.84. The number of carbonyl (C=O) groups excluding carboxylic acids is 1. The van der Waals surface area contributed by atoms with Gasteiger partial charge in [-0.3, -0.25) is 9.78 Å². The van der Waals surface area contributed by atoms with Crippen LogP contribution in [0.4, 0.5) is 0 Å². The average molecular weight is 301 g/mol. The highest BCUT2D eigenvalue weighted by Crippen LogP contribution is 2.17. The van der Waals surface area contributed by atoms with Crippen molar-refractivity contribution in [3.63, 3.8) is 0 Å². The largest absolute Gasteiger partial charge is 0.479 e. The van der Waals surface area contributed by atoms with Gasteiger partial charge in [0, 0.05) is 16.2 Å². The molecule has 1 amide bonds. The summed E-state index contributed by atoms with van der Waals surface area (Å²) in [5.41, 5.74) is -0.260. The Hall–Kier alpha value is -1.10. The first kappa shape index (κ1) is 14.0. The van der Waals surface area contributed by atoms with Crippen LogP contribution < -0.4 is 10.1 Å². The Morgan fingerprint density at radius 1 is 1.47 bits per heavy atom. The predicted octanol–water partition coefficient (Wildman–Crippen LogP) is 2.53. The third-order valence-corrected chi connectivity index (χ3v) is 2.29. The van der Waals surface area contributed by atoms with E-state index in [-0.39, 0.29) is 11.4 Å². The second kappa shape index (κ2) is 5.49. The third kappa shape index (κ3) is 5.17. The highest BCUT2D eigenvalue weighted by molar-refractivity contribution is 9.10. The molecular formula is C12H17BrN2O2. The summed E-state index contributed by atoms with van der Waals surface area (Å²) in [6.45, 7) is 7.50. The first-order valence-corrected chi connectivity index (χ1v) is 6.16. The fourth-order valence-electron chi connectivity index (χ4n) is 1.19. The van der Waals surface area contributed by atoms with Crippen LogP contribution in [0.25, 0.3) is 0 Å². The number of aromatic nitrogens is 1. The van der Waals surface area contributed by atoms with Crippen molar-refractivity contribution < 1.29 is 9.53 Å². The summed E-state index contributed by atoms with van der Waals surface area (Å²) in [4.78, 5) is 15.7. The molecule has 0 radical (unpaired) electrons. The van der Waals surface area contributed by atoms with Crippen molar-refractivity contribution in [2.75, 3.05) is 0 Å². The third-order valence-electron chi connectivity index (χ3n) is 1.86. The zero-order chi connectivity index (χ0) is 13.1. The standard InChI is InChI=1S/C12H17BrN2O2/c1-8(11(16)15-12(2,3)4)17-10-5-9(13)6-14-7-10/h5-8H,1-4H3,(H,15,16). The smallest absolute Gasteiger partial charge is 0.261 e. The number of hydrogen-bond acceptors (Lipinski definition) is 3. The molecule has 0 saturated carbocycles. The van der Waals surface area contributed by atoms with Crippen molar-refractivity contribution in [1.82, 2.24) is 10.3 Å². The number of rotatable bonds is 3. The normalized spacial score (nSPS) is 13.0. The van der Waals surface area contributed by atoms with Crippen LogP contribution in [0, 0.1) is 0 Å². The first-order chi connectivity index (χ1) is 7.78. The van der Waals surface area contributed by atoms with Crippen LogP contribution in [0.5, 0.6) is 5.75 Å². The van der Waals surface area contributed by atoms with E-state index in [4.69, 9.17) is 4.74 Å². The molecule has 0 aromatic carbocycles. The lowest BCUT2D eigenvalue weighted by molar-refractivity contribution is -0.128. The number of carbonyl (C=O) groups is 1. The van der Waals surface area contributed by atoms with Gasteiger partial charge in [-0.05, 0) is 49.7 Å². The van der Waals surface area contributed by atoms with E-state index in [0.717, 1.165) is 4.47 Å². The SMILES string of the molecule is CC(Oc1cncc(Br)c1)C(=O)NC(C)(C)C. The minimum Gasteiger partial charge on any atom is -0.479 e. The van der Waals surface area contributed by atoms with Gasteiger partial charge < -0.3 is 10.1 Å². The molecule has 5 heteroatoms. The molecule has 17 heavy (non-hydrogen) atoms. The van der Waals surface area contributed by atoms with Crippen molar-refractivity contribution in [2.24, 2.45) is 0 Å². The fraction of sp³-hybridized carbons (Fsp3) is 0.500. The molecule has 1 unspecified atom stereocenters. The van der Waals surface area contributed by atoms with E-state index in [1.54, 1.807) is 25.4 Å². The Kier molecular flexibility index (Phi) is 4.51. The van der Waals surface area contributed by atoms with Crippen molar-refractivity contribution in [2.45, 2.75) is 39.3 Å². The summed E-state index contributed by atoms with van der Waals surface area (Å²) in [6, 6.07) is 1.77. The van der Waals surface area contributed by atoms with Gasteiger partial charge in [-0.1, -0.05) is 0 Å². The fourth-order valence-corrected chi connectivity index (χ4v) is 1.53. The molecule has 1 N–H and O–H groups in total. The lowest BCUT2D eigenvalue weighted by Crippen LogP contribution is -2.46. The summed E-state index contributed by atoms with van der Waals surface area (Å²) in [5, 5.41) is 2.86. The molecule has 1 aromatic heterocycles. The minimum atomic E-state index is -0.551. The molecule has 94 valence electrons. The second-order valence-corrected chi connectivity index (χ2v) is 5.75. The maximum atomic E-state index is 11.8. The zero-order valence-electron chi connectivity index (χ0n) is 10.5. The summed E-state index contributed by atoms with van der Waals surface area (Å²) in [5.74, 6) is 0.424. The maximum Gasteiger partial charge on any atom is 0.261 e. The monoisotopic (exact) mass is 300 g/mol. The molecule has 1 rings (SSSR count). The van der Waals surface area contributed by atoms with E-state index in [0.29, 0.717) is 5.75 Å². The Morgan fingerprint density at radius 3 is 2.65 bits per heavy atom. The molecule has 0 aliphatic rings. The van der Waals surface area contributed by atoms with E-state index in [2.05, 4.69) is 26.2 Å². The first-order valence-electron chi connectivity index (χ1n) is 5.37. The van der Waals surface area contributed by atoms with Gasteiger partial charge >= 0.3 is 0 Å². The lowest BCUT2D eigenvalue weighted by atomic mass is 10.1. The van der Waals surface area contributed by atoms with Gasteiger partial charge in [0.2, 0.25) is 0 Å². The molecule has 1 heterocycles. The number of pyridine rings is 1. The molecule has 1 atom stereocenters.